The third-order valence-electron chi connectivity index (χ3n) is 5.40. The lowest BCUT2D eigenvalue weighted by Gasteiger charge is -2.16. The molecule has 9 heteroatoms. The van der Waals surface area contributed by atoms with Gasteiger partial charge in [-0.3, -0.25) is 14.9 Å². The van der Waals surface area contributed by atoms with Gasteiger partial charge in [0.05, 0.1) is 30.4 Å². The lowest BCUT2D eigenvalue weighted by Crippen LogP contribution is -1.99. The van der Waals surface area contributed by atoms with E-state index in [2.05, 4.69) is 6.07 Å². The number of methoxy groups -OCH3 is 2. The molecule has 0 unspecified atom stereocenters. The van der Waals surface area contributed by atoms with Gasteiger partial charge in [0, 0.05) is 39.3 Å². The minimum atomic E-state index is -0.566. The second-order valence-corrected chi connectivity index (χ2v) is 8.48. The molecule has 178 valence electrons. The van der Waals surface area contributed by atoms with Crippen molar-refractivity contribution in [2.75, 3.05) is 14.2 Å². The van der Waals surface area contributed by atoms with E-state index in [-0.39, 0.29) is 16.8 Å². The summed E-state index contributed by atoms with van der Waals surface area (Å²) in [5, 5.41) is 21.7. The van der Waals surface area contributed by atoms with E-state index < -0.39 is 4.92 Å². The zero-order valence-electron chi connectivity index (χ0n) is 19.3. The van der Waals surface area contributed by atoms with Gasteiger partial charge in [0.15, 0.2) is 17.8 Å². The molecular formula is C27H19N3O5S. The van der Waals surface area contributed by atoms with Crippen molar-refractivity contribution in [3.8, 4) is 40.0 Å². The summed E-state index contributed by atoms with van der Waals surface area (Å²) in [4.78, 5) is 27.5. The summed E-state index contributed by atoms with van der Waals surface area (Å²) in [6.45, 7) is 0. The Labute approximate surface area is 211 Å². The lowest BCUT2D eigenvalue weighted by molar-refractivity contribution is -0.384. The SMILES string of the molecule is COc1cccc(-c2cc(-c3ccccc3)nc(Sc3ccc([N+](=O)[O-])cc3C=O)c2C#N)c1OC. The van der Waals surface area contributed by atoms with E-state index in [9.17, 15) is 20.2 Å². The molecular weight excluding hydrogens is 478 g/mol. The van der Waals surface area contributed by atoms with E-state index in [1.54, 1.807) is 12.1 Å². The second kappa shape index (κ2) is 10.7. The van der Waals surface area contributed by atoms with Crippen molar-refractivity contribution in [3.63, 3.8) is 0 Å². The van der Waals surface area contributed by atoms with Crippen LogP contribution in [0.4, 0.5) is 5.69 Å². The molecule has 8 nitrogen and oxygen atoms in total. The third-order valence-corrected chi connectivity index (χ3v) is 6.48. The van der Waals surface area contributed by atoms with Gasteiger partial charge in [0.2, 0.25) is 0 Å². The average molecular weight is 498 g/mol. The molecule has 0 fully saturated rings. The number of nitriles is 1. The molecule has 0 bridgehead atoms. The number of aldehydes is 1. The lowest BCUT2D eigenvalue weighted by atomic mass is 9.98. The second-order valence-electron chi connectivity index (χ2n) is 7.45. The van der Waals surface area contributed by atoms with Crippen LogP contribution in [0.2, 0.25) is 0 Å². The van der Waals surface area contributed by atoms with Crippen molar-refractivity contribution < 1.29 is 19.2 Å². The van der Waals surface area contributed by atoms with Crippen molar-refractivity contribution in [2.45, 2.75) is 9.92 Å². The molecule has 0 aliphatic heterocycles. The van der Waals surface area contributed by atoms with Crippen molar-refractivity contribution in [2.24, 2.45) is 0 Å². The van der Waals surface area contributed by atoms with Gasteiger partial charge in [-0.2, -0.15) is 5.26 Å². The number of rotatable bonds is 8. The van der Waals surface area contributed by atoms with Crippen LogP contribution in [0.3, 0.4) is 0 Å². The molecule has 0 aliphatic rings. The molecule has 0 saturated carbocycles. The number of non-ortho nitro benzene ring substituents is 1. The predicted octanol–water partition coefficient (Wildman–Crippen LogP) is 6.18. The number of nitro benzene ring substituents is 1. The summed E-state index contributed by atoms with van der Waals surface area (Å²) in [5.74, 6) is 0.964. The van der Waals surface area contributed by atoms with Crippen molar-refractivity contribution in [3.05, 3.63) is 94.0 Å². The fourth-order valence-corrected chi connectivity index (χ4v) is 4.68. The molecule has 0 amide bonds. The van der Waals surface area contributed by atoms with E-state index >= 15 is 0 Å². The smallest absolute Gasteiger partial charge is 0.270 e. The number of hydrogen-bond acceptors (Lipinski definition) is 8. The first kappa shape index (κ1) is 24.4. The van der Waals surface area contributed by atoms with Crippen LogP contribution in [0.15, 0.2) is 82.7 Å². The highest BCUT2D eigenvalue weighted by molar-refractivity contribution is 7.99. The van der Waals surface area contributed by atoms with Crippen LogP contribution in [0.1, 0.15) is 15.9 Å². The van der Waals surface area contributed by atoms with E-state index in [1.807, 2.05) is 42.5 Å². The summed E-state index contributed by atoms with van der Waals surface area (Å²) in [7, 11) is 3.06. The van der Waals surface area contributed by atoms with Gasteiger partial charge in [-0.25, -0.2) is 4.98 Å². The highest BCUT2D eigenvalue weighted by Gasteiger charge is 2.22. The van der Waals surface area contributed by atoms with Gasteiger partial charge in [-0.1, -0.05) is 54.2 Å². The molecule has 0 aliphatic carbocycles. The van der Waals surface area contributed by atoms with Crippen molar-refractivity contribution >= 4 is 23.7 Å². The molecule has 36 heavy (non-hydrogen) atoms. The summed E-state index contributed by atoms with van der Waals surface area (Å²) in [6.07, 6.45) is 0.550. The van der Waals surface area contributed by atoms with Gasteiger partial charge in [0.1, 0.15) is 11.1 Å². The molecule has 0 saturated heterocycles. The summed E-state index contributed by atoms with van der Waals surface area (Å²) in [6, 6.07) is 22.9. The molecule has 3 aromatic carbocycles. The van der Waals surface area contributed by atoms with Crippen LogP contribution in [-0.2, 0) is 0 Å². The molecule has 0 atom stereocenters. The maximum Gasteiger partial charge on any atom is 0.270 e. The van der Waals surface area contributed by atoms with Crippen LogP contribution < -0.4 is 9.47 Å². The van der Waals surface area contributed by atoms with Crippen LogP contribution in [0, 0.1) is 21.4 Å². The largest absolute Gasteiger partial charge is 0.493 e. The Morgan fingerprint density at radius 2 is 1.78 bits per heavy atom. The molecule has 1 heterocycles. The average Bonchev–Trinajstić information content (AvgIpc) is 2.92. The number of hydrogen-bond donors (Lipinski definition) is 0. The predicted molar refractivity (Wildman–Crippen MR) is 136 cm³/mol. The van der Waals surface area contributed by atoms with E-state index in [0.717, 1.165) is 17.3 Å². The van der Waals surface area contributed by atoms with Gasteiger partial charge in [-0.15, -0.1) is 0 Å². The first-order valence-electron chi connectivity index (χ1n) is 10.6. The zero-order chi connectivity index (χ0) is 25.7. The number of pyridine rings is 1. The molecule has 4 aromatic rings. The maximum absolute atomic E-state index is 11.7. The Balaban J connectivity index is 1.97. The number of nitro groups is 1. The Kier molecular flexibility index (Phi) is 7.28. The maximum atomic E-state index is 11.7. The standard InChI is InChI=1S/C27H19N3O5S/c1-34-24-10-6-9-20(26(24)35-2)21-14-23(17-7-4-3-5-8-17)29-27(22(21)15-28)36-25-12-11-19(30(32)33)13-18(25)16-31/h3-14,16H,1-2H3. The minimum Gasteiger partial charge on any atom is -0.493 e. The van der Waals surface area contributed by atoms with Gasteiger partial charge < -0.3 is 9.47 Å². The minimum absolute atomic E-state index is 0.130. The first-order chi connectivity index (χ1) is 17.5. The highest BCUT2D eigenvalue weighted by Crippen LogP contribution is 2.43. The third kappa shape index (κ3) is 4.76. The monoisotopic (exact) mass is 497 g/mol. The Hall–Kier alpha value is -4.68. The molecule has 4 rings (SSSR count). The Bertz CT molecular complexity index is 1500. The molecule has 0 N–H and O–H groups in total. The van der Waals surface area contributed by atoms with Gasteiger partial charge in [-0.05, 0) is 18.2 Å². The van der Waals surface area contributed by atoms with Crippen molar-refractivity contribution in [1.29, 1.82) is 5.26 Å². The van der Waals surface area contributed by atoms with Crippen LogP contribution in [0.5, 0.6) is 11.5 Å². The Morgan fingerprint density at radius 1 is 1.00 bits per heavy atom. The number of para-hydroxylation sites is 1. The number of carbonyl (C=O) groups is 1. The van der Waals surface area contributed by atoms with Gasteiger partial charge in [0.25, 0.3) is 5.69 Å². The Morgan fingerprint density at radius 3 is 2.42 bits per heavy atom. The highest BCUT2D eigenvalue weighted by atomic mass is 32.2. The first-order valence-corrected chi connectivity index (χ1v) is 11.5. The number of nitrogens with zero attached hydrogens (tertiary/aromatic N) is 3. The summed E-state index contributed by atoms with van der Waals surface area (Å²) in [5.41, 5.74) is 2.83. The van der Waals surface area contributed by atoms with E-state index in [4.69, 9.17) is 14.5 Å². The van der Waals surface area contributed by atoms with E-state index in [0.29, 0.717) is 44.5 Å². The quantitative estimate of drug-likeness (QED) is 0.161. The van der Waals surface area contributed by atoms with Crippen molar-refractivity contribution in [1.82, 2.24) is 4.98 Å². The van der Waals surface area contributed by atoms with Crippen LogP contribution >= 0.6 is 11.8 Å². The normalized spacial score (nSPS) is 10.4. The molecule has 1 aromatic heterocycles. The summed E-state index contributed by atoms with van der Waals surface area (Å²) < 4.78 is 11.1. The fourth-order valence-electron chi connectivity index (χ4n) is 3.71. The molecule has 0 radical (unpaired) electrons. The fraction of sp³-hybridized carbons (Fsp3) is 0.0741. The topological polar surface area (TPSA) is 115 Å². The number of aromatic nitrogens is 1. The van der Waals surface area contributed by atoms with Gasteiger partial charge >= 0.3 is 0 Å². The van der Waals surface area contributed by atoms with Crippen LogP contribution in [-0.4, -0.2) is 30.4 Å². The van der Waals surface area contributed by atoms with Crippen LogP contribution in [0.25, 0.3) is 22.4 Å². The van der Waals surface area contributed by atoms with E-state index in [1.165, 1.54) is 32.4 Å². The zero-order valence-corrected chi connectivity index (χ0v) is 20.1. The number of benzene rings is 3. The molecule has 0 spiro atoms. The number of ether oxygens (including phenoxy) is 2. The summed E-state index contributed by atoms with van der Waals surface area (Å²) >= 11 is 1.09. The number of carbonyl (C=O) groups excluding carboxylic acids is 1.